The Balaban J connectivity index is 2.32. The van der Waals surface area contributed by atoms with Gasteiger partial charge in [-0.15, -0.1) is 0 Å². The van der Waals surface area contributed by atoms with Crippen molar-refractivity contribution in [2.45, 2.75) is 10.6 Å². The Hall–Kier alpha value is -1.80. The molecule has 0 amide bonds. The molecule has 5 nitrogen and oxygen atoms in total. The fourth-order valence-electron chi connectivity index (χ4n) is 1.76. The van der Waals surface area contributed by atoms with Gasteiger partial charge in [0, 0.05) is 16.6 Å². The first kappa shape index (κ1) is 15.6. The maximum atomic E-state index is 13.3. The van der Waals surface area contributed by atoms with E-state index >= 15 is 0 Å². The lowest BCUT2D eigenvalue weighted by Gasteiger charge is -2.06. The van der Waals surface area contributed by atoms with Crippen molar-refractivity contribution >= 4 is 38.1 Å². The molecule has 0 saturated heterocycles. The van der Waals surface area contributed by atoms with Gasteiger partial charge in [-0.2, -0.15) is 0 Å². The quantitative estimate of drug-likeness (QED) is 0.506. The van der Waals surface area contributed by atoms with E-state index in [-0.39, 0.29) is 26.5 Å². The van der Waals surface area contributed by atoms with E-state index in [2.05, 4.69) is 15.9 Å². The van der Waals surface area contributed by atoms with Crippen molar-refractivity contribution < 1.29 is 13.5 Å². The summed E-state index contributed by atoms with van der Waals surface area (Å²) in [5.74, 6) is -0.554. The van der Waals surface area contributed by atoms with E-state index in [4.69, 9.17) is 5.73 Å². The molecule has 2 N–H and O–H groups in total. The fraction of sp³-hybridized carbons (Fsp3) is 0.0769. The third-order valence-corrected chi connectivity index (χ3v) is 4.95. The molecule has 0 radical (unpaired) electrons. The molecular formula is C13H10BrFN2O3S. The highest BCUT2D eigenvalue weighted by Gasteiger charge is 2.17. The number of nitrogens with two attached hydrogens (primary N) is 1. The van der Waals surface area contributed by atoms with E-state index in [9.17, 15) is 18.7 Å². The average molecular weight is 373 g/mol. The maximum Gasteiger partial charge on any atom is 0.283 e. The summed E-state index contributed by atoms with van der Waals surface area (Å²) in [5.41, 5.74) is 6.09. The van der Waals surface area contributed by atoms with E-state index in [1.807, 2.05) is 0 Å². The molecule has 8 heteroatoms. The smallest absolute Gasteiger partial charge is 0.283 e. The van der Waals surface area contributed by atoms with E-state index in [1.165, 1.54) is 18.2 Å². The molecule has 0 fully saturated rings. The topological polar surface area (TPSA) is 86.2 Å². The second-order valence-electron chi connectivity index (χ2n) is 4.22. The van der Waals surface area contributed by atoms with E-state index < -0.39 is 21.5 Å². The van der Waals surface area contributed by atoms with Crippen molar-refractivity contribution in [1.82, 2.24) is 0 Å². The van der Waals surface area contributed by atoms with Crippen LogP contribution >= 0.6 is 15.9 Å². The molecular weight excluding hydrogens is 363 g/mol. The minimum atomic E-state index is -1.56. The number of halogens is 2. The van der Waals surface area contributed by atoms with Crippen LogP contribution in [0.15, 0.2) is 45.8 Å². The lowest BCUT2D eigenvalue weighted by Crippen LogP contribution is -2.01. The SMILES string of the molecule is Nc1cc(F)cc(S(=O)Cc2cccc([N+](=O)[O-])c2Br)c1. The lowest BCUT2D eigenvalue weighted by atomic mass is 10.2. The molecule has 0 aliphatic rings. The molecule has 0 saturated carbocycles. The molecule has 0 heterocycles. The Morgan fingerprint density at radius 2 is 2.05 bits per heavy atom. The van der Waals surface area contributed by atoms with Crippen molar-refractivity contribution in [1.29, 1.82) is 0 Å². The number of nitrogen functional groups attached to an aromatic ring is 1. The fourth-order valence-corrected chi connectivity index (χ4v) is 3.70. The Labute approximate surface area is 130 Å². The summed E-state index contributed by atoms with van der Waals surface area (Å²) in [6.07, 6.45) is 0. The van der Waals surface area contributed by atoms with Crippen molar-refractivity contribution in [2.24, 2.45) is 0 Å². The monoisotopic (exact) mass is 372 g/mol. The predicted molar refractivity (Wildman–Crippen MR) is 81.7 cm³/mol. The molecule has 1 atom stereocenters. The van der Waals surface area contributed by atoms with Crippen LogP contribution < -0.4 is 5.73 Å². The molecule has 1 unspecified atom stereocenters. The number of rotatable bonds is 4. The van der Waals surface area contributed by atoms with Gasteiger partial charge in [-0.1, -0.05) is 12.1 Å². The van der Waals surface area contributed by atoms with Gasteiger partial charge >= 0.3 is 0 Å². The largest absolute Gasteiger partial charge is 0.399 e. The second-order valence-corrected chi connectivity index (χ2v) is 6.46. The first-order valence-electron chi connectivity index (χ1n) is 5.74. The molecule has 2 rings (SSSR count). The van der Waals surface area contributed by atoms with Crippen molar-refractivity contribution in [2.75, 3.05) is 5.73 Å². The van der Waals surface area contributed by atoms with Gasteiger partial charge in [0.05, 0.1) is 25.9 Å². The van der Waals surface area contributed by atoms with Crippen molar-refractivity contribution in [3.63, 3.8) is 0 Å². The third kappa shape index (κ3) is 3.64. The number of hydrogen-bond acceptors (Lipinski definition) is 4. The normalized spacial score (nSPS) is 12.1. The van der Waals surface area contributed by atoms with Gasteiger partial charge in [0.25, 0.3) is 5.69 Å². The van der Waals surface area contributed by atoms with Crippen LogP contribution in [0.2, 0.25) is 0 Å². The number of anilines is 1. The standard InChI is InChI=1S/C13H10BrFN2O3S/c14-13-8(2-1-3-12(13)17(18)19)7-21(20)11-5-9(15)4-10(16)6-11/h1-6H,7,16H2. The third-order valence-electron chi connectivity index (χ3n) is 2.70. The first-order valence-corrected chi connectivity index (χ1v) is 7.86. The van der Waals surface area contributed by atoms with Crippen LogP contribution in [0.25, 0.3) is 0 Å². The summed E-state index contributed by atoms with van der Waals surface area (Å²) in [6, 6.07) is 8.16. The van der Waals surface area contributed by atoms with E-state index in [0.29, 0.717) is 5.56 Å². The molecule has 21 heavy (non-hydrogen) atoms. The Morgan fingerprint density at radius 3 is 2.67 bits per heavy atom. The average Bonchev–Trinajstić information content (AvgIpc) is 2.39. The lowest BCUT2D eigenvalue weighted by molar-refractivity contribution is -0.385. The number of nitro benzene ring substituents is 1. The summed E-state index contributed by atoms with van der Waals surface area (Å²) in [7, 11) is -1.56. The highest BCUT2D eigenvalue weighted by Crippen LogP contribution is 2.30. The van der Waals surface area contributed by atoms with E-state index in [1.54, 1.807) is 6.07 Å². The zero-order chi connectivity index (χ0) is 15.6. The molecule has 0 aromatic heterocycles. The van der Waals surface area contributed by atoms with Gasteiger partial charge in [0.15, 0.2) is 0 Å². The summed E-state index contributed by atoms with van der Waals surface area (Å²) < 4.78 is 25.8. The van der Waals surface area contributed by atoms with Gasteiger partial charge in [-0.3, -0.25) is 14.3 Å². The summed E-state index contributed by atoms with van der Waals surface area (Å²) in [4.78, 5) is 10.6. The van der Waals surface area contributed by atoms with Crippen LogP contribution in [0.3, 0.4) is 0 Å². The van der Waals surface area contributed by atoms with Gasteiger partial charge in [-0.25, -0.2) is 4.39 Å². The highest BCUT2D eigenvalue weighted by molar-refractivity contribution is 9.10. The molecule has 0 spiro atoms. The number of hydrogen-bond donors (Lipinski definition) is 1. The Kier molecular flexibility index (Phi) is 4.69. The summed E-state index contributed by atoms with van der Waals surface area (Å²) >= 11 is 3.14. The molecule has 110 valence electrons. The second kappa shape index (κ2) is 6.31. The zero-order valence-corrected chi connectivity index (χ0v) is 13.0. The Bertz CT molecular complexity index is 719. The van der Waals surface area contributed by atoms with Crippen LogP contribution in [0.5, 0.6) is 0 Å². The predicted octanol–water partition coefficient (Wildman–Crippen LogP) is 3.39. The summed E-state index contributed by atoms with van der Waals surface area (Å²) in [6.45, 7) is 0. The first-order chi connectivity index (χ1) is 9.88. The molecule has 0 aliphatic heterocycles. The van der Waals surface area contributed by atoms with Gasteiger partial charge in [0.2, 0.25) is 0 Å². The Morgan fingerprint density at radius 1 is 1.33 bits per heavy atom. The molecule has 0 aliphatic carbocycles. The summed E-state index contributed by atoms with van der Waals surface area (Å²) in [5, 5.41) is 10.9. The van der Waals surface area contributed by atoms with Gasteiger partial charge in [0.1, 0.15) is 5.82 Å². The van der Waals surface area contributed by atoms with E-state index in [0.717, 1.165) is 12.1 Å². The van der Waals surface area contributed by atoms with Crippen LogP contribution in [0.4, 0.5) is 15.8 Å². The molecule has 0 bridgehead atoms. The highest BCUT2D eigenvalue weighted by atomic mass is 79.9. The number of benzene rings is 2. The van der Waals surface area contributed by atoms with Gasteiger partial charge < -0.3 is 5.73 Å². The molecule has 2 aromatic carbocycles. The van der Waals surface area contributed by atoms with Crippen LogP contribution in [0.1, 0.15) is 5.56 Å². The van der Waals surface area contributed by atoms with Gasteiger partial charge in [-0.05, 0) is 39.7 Å². The van der Waals surface area contributed by atoms with Crippen molar-refractivity contribution in [3.05, 3.63) is 62.4 Å². The maximum absolute atomic E-state index is 13.3. The minimum absolute atomic E-state index is 0.0190. The zero-order valence-electron chi connectivity index (χ0n) is 10.6. The number of nitro groups is 1. The van der Waals surface area contributed by atoms with Crippen molar-refractivity contribution in [3.8, 4) is 0 Å². The minimum Gasteiger partial charge on any atom is -0.399 e. The van der Waals surface area contributed by atoms with Crippen LogP contribution in [-0.2, 0) is 16.6 Å². The molecule has 2 aromatic rings. The van der Waals surface area contributed by atoms with Crippen LogP contribution in [0, 0.1) is 15.9 Å². The number of nitrogens with zero attached hydrogens (tertiary/aromatic N) is 1. The van der Waals surface area contributed by atoms with Crippen LogP contribution in [-0.4, -0.2) is 9.13 Å².